The topological polar surface area (TPSA) is 57.2 Å². The Morgan fingerprint density at radius 2 is 1.48 bits per heavy atom. The molecule has 6 heteroatoms. The zero-order valence-corrected chi connectivity index (χ0v) is 14.3. The summed E-state index contributed by atoms with van der Waals surface area (Å²) in [6.45, 7) is 13.3. The molecule has 1 N–H and O–H groups in total. The van der Waals surface area contributed by atoms with Crippen LogP contribution >= 0.6 is 0 Å². The van der Waals surface area contributed by atoms with E-state index in [1.54, 1.807) is 0 Å². The molecule has 0 radical (unpaired) electrons. The van der Waals surface area contributed by atoms with Gasteiger partial charge in [0.2, 0.25) is 17.8 Å². The van der Waals surface area contributed by atoms with E-state index < -0.39 is 0 Å². The summed E-state index contributed by atoms with van der Waals surface area (Å²) in [6.07, 6.45) is 2.16. The van der Waals surface area contributed by atoms with E-state index in [2.05, 4.69) is 64.8 Å². The second-order valence-corrected chi connectivity index (χ2v) is 5.04. The van der Waals surface area contributed by atoms with Gasteiger partial charge in [-0.2, -0.15) is 15.0 Å². The van der Waals surface area contributed by atoms with E-state index in [-0.39, 0.29) is 0 Å². The number of nitrogens with zero attached hydrogens (tertiary/aromatic N) is 5. The molecule has 0 saturated carbocycles. The van der Waals surface area contributed by atoms with Crippen molar-refractivity contribution in [3.63, 3.8) is 0 Å². The van der Waals surface area contributed by atoms with Gasteiger partial charge in [0.15, 0.2) is 0 Å². The summed E-state index contributed by atoms with van der Waals surface area (Å²) in [5.74, 6) is 2.15. The zero-order valence-electron chi connectivity index (χ0n) is 14.3. The third-order valence-electron chi connectivity index (χ3n) is 3.80. The van der Waals surface area contributed by atoms with Crippen LogP contribution in [0.15, 0.2) is 0 Å². The van der Waals surface area contributed by atoms with Crippen LogP contribution in [-0.2, 0) is 0 Å². The van der Waals surface area contributed by atoms with Crippen LogP contribution in [0.3, 0.4) is 0 Å². The molecule has 1 aromatic heterocycles. The number of rotatable bonds is 9. The molecule has 0 atom stereocenters. The van der Waals surface area contributed by atoms with Crippen molar-refractivity contribution in [2.75, 3.05) is 41.8 Å². The molecule has 0 spiro atoms. The molecule has 0 aromatic carbocycles. The summed E-state index contributed by atoms with van der Waals surface area (Å²) in [7, 11) is 2.06. The molecule has 0 fully saturated rings. The van der Waals surface area contributed by atoms with Gasteiger partial charge in [0.1, 0.15) is 0 Å². The second kappa shape index (κ2) is 8.64. The Morgan fingerprint density at radius 3 is 1.95 bits per heavy atom. The van der Waals surface area contributed by atoms with E-state index in [0.717, 1.165) is 44.4 Å². The van der Waals surface area contributed by atoms with Crippen molar-refractivity contribution in [3.05, 3.63) is 0 Å². The van der Waals surface area contributed by atoms with Crippen molar-refractivity contribution in [1.29, 1.82) is 0 Å². The first kappa shape index (κ1) is 17.5. The lowest BCUT2D eigenvalue weighted by Gasteiger charge is -2.28. The van der Waals surface area contributed by atoms with Crippen LogP contribution < -0.4 is 15.1 Å². The highest BCUT2D eigenvalue weighted by Crippen LogP contribution is 2.19. The number of hydrogen-bond donors (Lipinski definition) is 1. The normalized spacial score (nSPS) is 10.8. The molecule has 0 aliphatic heterocycles. The van der Waals surface area contributed by atoms with Crippen molar-refractivity contribution in [1.82, 2.24) is 15.0 Å². The van der Waals surface area contributed by atoms with Crippen LogP contribution in [0.5, 0.6) is 0 Å². The Hall–Kier alpha value is -1.59. The van der Waals surface area contributed by atoms with Crippen LogP contribution in [0.2, 0.25) is 0 Å². The fourth-order valence-electron chi connectivity index (χ4n) is 2.40. The highest BCUT2D eigenvalue weighted by Gasteiger charge is 2.17. The molecule has 120 valence electrons. The Kier molecular flexibility index (Phi) is 7.19. The smallest absolute Gasteiger partial charge is 0.231 e. The third kappa shape index (κ3) is 4.44. The minimum Gasteiger partial charge on any atom is -0.354 e. The maximum atomic E-state index is 4.66. The molecule has 1 rings (SSSR count). The van der Waals surface area contributed by atoms with Gasteiger partial charge in [-0.1, -0.05) is 13.8 Å². The largest absolute Gasteiger partial charge is 0.354 e. The van der Waals surface area contributed by atoms with E-state index in [1.165, 1.54) is 0 Å². The highest BCUT2D eigenvalue weighted by atomic mass is 15.4. The van der Waals surface area contributed by atoms with Crippen molar-refractivity contribution in [3.8, 4) is 0 Å². The fourth-order valence-corrected chi connectivity index (χ4v) is 2.40. The lowest BCUT2D eigenvalue weighted by Crippen LogP contribution is -2.33. The Morgan fingerprint density at radius 1 is 0.905 bits per heavy atom. The Balaban J connectivity index is 3.17. The lowest BCUT2D eigenvalue weighted by atomic mass is 10.1. The van der Waals surface area contributed by atoms with E-state index >= 15 is 0 Å². The van der Waals surface area contributed by atoms with Gasteiger partial charge >= 0.3 is 0 Å². The molecular formula is C15H30N6. The molecule has 0 aliphatic rings. The predicted octanol–water partition coefficient (Wildman–Crippen LogP) is 2.77. The molecular weight excluding hydrogens is 264 g/mol. The summed E-state index contributed by atoms with van der Waals surface area (Å²) in [4.78, 5) is 18.1. The van der Waals surface area contributed by atoms with Gasteiger partial charge in [-0.15, -0.1) is 0 Å². The summed E-state index contributed by atoms with van der Waals surface area (Å²) in [6, 6.07) is 0.450. The molecule has 0 amide bonds. The molecule has 0 saturated heterocycles. The Bertz CT molecular complexity index is 415. The van der Waals surface area contributed by atoms with Crippen LogP contribution in [0.25, 0.3) is 0 Å². The number of hydrogen-bond acceptors (Lipinski definition) is 6. The van der Waals surface area contributed by atoms with Crippen LogP contribution in [-0.4, -0.2) is 47.7 Å². The predicted molar refractivity (Wildman–Crippen MR) is 90.3 cm³/mol. The summed E-state index contributed by atoms with van der Waals surface area (Å²) in [5, 5.41) is 3.21. The standard InChI is InChI=1S/C15H30N6/c1-7-12(8-2)20(6)14-17-13(16-9-3)18-15(19-14)21(10-4)11-5/h12H,7-11H2,1-6H3,(H,16,17,18,19). The quantitative estimate of drug-likeness (QED) is 0.756. The second-order valence-electron chi connectivity index (χ2n) is 5.04. The van der Waals surface area contributed by atoms with Crippen molar-refractivity contribution < 1.29 is 0 Å². The van der Waals surface area contributed by atoms with Gasteiger partial charge in [-0.05, 0) is 33.6 Å². The first-order chi connectivity index (χ1) is 10.1. The van der Waals surface area contributed by atoms with Gasteiger partial charge < -0.3 is 15.1 Å². The summed E-state index contributed by atoms with van der Waals surface area (Å²) < 4.78 is 0. The van der Waals surface area contributed by atoms with E-state index in [1.807, 2.05) is 6.92 Å². The number of nitrogens with one attached hydrogen (secondary N) is 1. The first-order valence-electron chi connectivity index (χ1n) is 8.08. The maximum absolute atomic E-state index is 4.66. The highest BCUT2D eigenvalue weighted by molar-refractivity contribution is 5.45. The number of anilines is 3. The van der Waals surface area contributed by atoms with Gasteiger partial charge in [0.25, 0.3) is 0 Å². The summed E-state index contributed by atoms with van der Waals surface area (Å²) >= 11 is 0. The maximum Gasteiger partial charge on any atom is 0.231 e. The molecule has 0 aliphatic carbocycles. The lowest BCUT2D eigenvalue weighted by molar-refractivity contribution is 0.579. The van der Waals surface area contributed by atoms with E-state index in [4.69, 9.17) is 0 Å². The van der Waals surface area contributed by atoms with Crippen LogP contribution in [0.1, 0.15) is 47.5 Å². The van der Waals surface area contributed by atoms with E-state index in [0.29, 0.717) is 12.0 Å². The van der Waals surface area contributed by atoms with Crippen molar-refractivity contribution in [2.45, 2.75) is 53.5 Å². The molecule has 1 aromatic rings. The minimum atomic E-state index is 0.450. The number of aromatic nitrogens is 3. The van der Waals surface area contributed by atoms with Gasteiger partial charge in [-0.3, -0.25) is 0 Å². The fraction of sp³-hybridized carbons (Fsp3) is 0.800. The zero-order chi connectivity index (χ0) is 15.8. The average molecular weight is 294 g/mol. The van der Waals surface area contributed by atoms with Crippen LogP contribution in [0.4, 0.5) is 17.8 Å². The summed E-state index contributed by atoms with van der Waals surface area (Å²) in [5.41, 5.74) is 0. The monoisotopic (exact) mass is 294 g/mol. The average Bonchev–Trinajstić information content (AvgIpc) is 2.50. The van der Waals surface area contributed by atoms with Gasteiger partial charge in [0.05, 0.1) is 0 Å². The van der Waals surface area contributed by atoms with Gasteiger partial charge in [0, 0.05) is 32.7 Å². The SMILES string of the molecule is CCNc1nc(N(CC)CC)nc(N(C)C(CC)CC)n1. The van der Waals surface area contributed by atoms with E-state index in [9.17, 15) is 0 Å². The van der Waals surface area contributed by atoms with Crippen molar-refractivity contribution >= 4 is 17.8 Å². The molecule has 21 heavy (non-hydrogen) atoms. The minimum absolute atomic E-state index is 0.450. The van der Waals surface area contributed by atoms with Crippen LogP contribution in [0, 0.1) is 0 Å². The third-order valence-corrected chi connectivity index (χ3v) is 3.80. The van der Waals surface area contributed by atoms with Crippen molar-refractivity contribution in [2.24, 2.45) is 0 Å². The van der Waals surface area contributed by atoms with Gasteiger partial charge in [-0.25, -0.2) is 0 Å². The first-order valence-corrected chi connectivity index (χ1v) is 8.08. The molecule has 0 unspecified atom stereocenters. The molecule has 0 bridgehead atoms. The Labute approximate surface area is 129 Å². The molecule has 6 nitrogen and oxygen atoms in total. The molecule has 1 heterocycles.